The van der Waals surface area contributed by atoms with Gasteiger partial charge in [0.25, 0.3) is 0 Å². The lowest BCUT2D eigenvalue weighted by Gasteiger charge is -2.35. The van der Waals surface area contributed by atoms with Crippen molar-refractivity contribution >= 4 is 17.9 Å². The molecule has 0 saturated carbocycles. The lowest BCUT2D eigenvalue weighted by Crippen LogP contribution is -2.61. The van der Waals surface area contributed by atoms with E-state index in [1.54, 1.807) is 4.90 Å². The van der Waals surface area contributed by atoms with E-state index < -0.39 is 12.0 Å². The molecule has 3 atom stereocenters. The first kappa shape index (κ1) is 15.6. The Kier molecular flexibility index (Phi) is 4.36. The van der Waals surface area contributed by atoms with Crippen LogP contribution in [0, 0.1) is 5.92 Å². The van der Waals surface area contributed by atoms with Gasteiger partial charge in [-0.25, -0.2) is 9.59 Å². The van der Waals surface area contributed by atoms with Crippen LogP contribution in [0.5, 0.6) is 0 Å². The number of likely N-dealkylation sites (tertiary alicyclic amines) is 1. The van der Waals surface area contributed by atoms with E-state index in [1.807, 2.05) is 14.1 Å². The van der Waals surface area contributed by atoms with Gasteiger partial charge in [0.15, 0.2) is 0 Å². The summed E-state index contributed by atoms with van der Waals surface area (Å²) in [5.41, 5.74) is 0. The predicted octanol–water partition coefficient (Wildman–Crippen LogP) is -1.13. The molecule has 0 aromatic heterocycles. The zero-order chi connectivity index (χ0) is 15.7. The van der Waals surface area contributed by atoms with Gasteiger partial charge in [-0.05, 0) is 20.0 Å². The standard InChI is InChI=1S/C13H22N4O4/c1-8-5-16(6-10(8)15(2)3)13(21)17-7-11(18)14-4-9(17)12(19)20/h8-10H,4-7H2,1-3H3,(H,14,18)(H,19,20). The van der Waals surface area contributed by atoms with Gasteiger partial charge >= 0.3 is 12.0 Å². The molecule has 2 N–H and O–H groups in total. The van der Waals surface area contributed by atoms with Crippen molar-refractivity contribution in [1.82, 2.24) is 20.0 Å². The van der Waals surface area contributed by atoms with Crippen molar-refractivity contribution < 1.29 is 19.5 Å². The lowest BCUT2D eigenvalue weighted by molar-refractivity contribution is -0.144. The maximum absolute atomic E-state index is 12.6. The summed E-state index contributed by atoms with van der Waals surface area (Å²) in [7, 11) is 3.92. The quantitative estimate of drug-likeness (QED) is 0.673. The van der Waals surface area contributed by atoms with E-state index in [0.717, 1.165) is 4.90 Å². The minimum atomic E-state index is -1.10. The minimum absolute atomic E-state index is 0.0413. The summed E-state index contributed by atoms with van der Waals surface area (Å²) in [5, 5.41) is 11.7. The molecule has 0 aromatic carbocycles. The molecule has 0 radical (unpaired) electrons. The largest absolute Gasteiger partial charge is 0.480 e. The number of hydrogen-bond acceptors (Lipinski definition) is 4. The molecular formula is C13H22N4O4. The summed E-state index contributed by atoms with van der Waals surface area (Å²) in [6, 6.07) is -1.12. The normalized spacial score (nSPS) is 29.7. The van der Waals surface area contributed by atoms with Crippen molar-refractivity contribution in [3.8, 4) is 0 Å². The second-order valence-electron chi connectivity index (χ2n) is 5.98. The van der Waals surface area contributed by atoms with E-state index in [1.165, 1.54) is 0 Å². The van der Waals surface area contributed by atoms with Gasteiger partial charge in [0, 0.05) is 25.7 Å². The van der Waals surface area contributed by atoms with Crippen molar-refractivity contribution in [3.05, 3.63) is 0 Å². The number of aliphatic carboxylic acids is 1. The van der Waals surface area contributed by atoms with Crippen molar-refractivity contribution in [1.29, 1.82) is 0 Å². The third kappa shape index (κ3) is 3.10. The number of carbonyl (C=O) groups excluding carboxylic acids is 2. The number of amides is 3. The summed E-state index contributed by atoms with van der Waals surface area (Å²) >= 11 is 0. The minimum Gasteiger partial charge on any atom is -0.480 e. The van der Waals surface area contributed by atoms with Gasteiger partial charge in [-0.3, -0.25) is 9.69 Å². The highest BCUT2D eigenvalue weighted by Gasteiger charge is 2.41. The van der Waals surface area contributed by atoms with Gasteiger partial charge in [-0.2, -0.15) is 0 Å². The Balaban J connectivity index is 2.11. The highest BCUT2D eigenvalue weighted by Crippen LogP contribution is 2.22. The number of likely N-dealkylation sites (N-methyl/N-ethyl adjacent to an activating group) is 1. The fraction of sp³-hybridized carbons (Fsp3) is 0.769. The average molecular weight is 298 g/mol. The van der Waals surface area contributed by atoms with Gasteiger partial charge in [0.1, 0.15) is 12.6 Å². The van der Waals surface area contributed by atoms with Crippen LogP contribution in [0.1, 0.15) is 6.92 Å². The van der Waals surface area contributed by atoms with E-state index in [2.05, 4.69) is 17.1 Å². The Morgan fingerprint density at radius 3 is 2.52 bits per heavy atom. The number of piperazine rings is 1. The summed E-state index contributed by atoms with van der Waals surface area (Å²) in [6.07, 6.45) is 0. The average Bonchev–Trinajstić information content (AvgIpc) is 2.79. The molecule has 0 aliphatic carbocycles. The van der Waals surface area contributed by atoms with E-state index in [9.17, 15) is 19.5 Å². The van der Waals surface area contributed by atoms with Crippen molar-refractivity contribution in [2.45, 2.75) is 19.0 Å². The molecule has 2 heterocycles. The van der Waals surface area contributed by atoms with E-state index in [-0.39, 0.29) is 31.1 Å². The second-order valence-corrected chi connectivity index (χ2v) is 5.98. The van der Waals surface area contributed by atoms with Crippen LogP contribution in [0.2, 0.25) is 0 Å². The first-order valence-electron chi connectivity index (χ1n) is 7.02. The zero-order valence-corrected chi connectivity index (χ0v) is 12.6. The third-order valence-electron chi connectivity index (χ3n) is 4.22. The molecule has 0 spiro atoms. The molecule has 3 amide bonds. The number of carboxylic acids is 1. The number of urea groups is 1. The van der Waals surface area contributed by atoms with Crippen LogP contribution in [-0.2, 0) is 9.59 Å². The van der Waals surface area contributed by atoms with Crippen LogP contribution in [0.25, 0.3) is 0 Å². The molecule has 8 nitrogen and oxygen atoms in total. The monoisotopic (exact) mass is 298 g/mol. The molecule has 118 valence electrons. The zero-order valence-electron chi connectivity index (χ0n) is 12.6. The number of rotatable bonds is 2. The molecule has 8 heteroatoms. The lowest BCUT2D eigenvalue weighted by atomic mass is 10.1. The van der Waals surface area contributed by atoms with E-state index in [0.29, 0.717) is 19.0 Å². The Bertz CT molecular complexity index is 453. The van der Waals surface area contributed by atoms with E-state index >= 15 is 0 Å². The molecule has 2 aliphatic rings. The van der Waals surface area contributed by atoms with Crippen LogP contribution < -0.4 is 5.32 Å². The molecule has 0 bridgehead atoms. The molecule has 2 aliphatic heterocycles. The summed E-state index contributed by atoms with van der Waals surface area (Å²) in [4.78, 5) is 40.2. The fourth-order valence-electron chi connectivity index (χ4n) is 3.02. The van der Waals surface area contributed by atoms with Gasteiger partial charge in [-0.1, -0.05) is 6.92 Å². The van der Waals surface area contributed by atoms with Crippen LogP contribution in [0.15, 0.2) is 0 Å². The SMILES string of the molecule is CC1CN(C(=O)N2CC(=O)NCC2C(=O)O)CC1N(C)C. The van der Waals surface area contributed by atoms with Crippen molar-refractivity contribution in [2.24, 2.45) is 5.92 Å². The van der Waals surface area contributed by atoms with Crippen LogP contribution in [-0.4, -0.2) is 90.1 Å². The Morgan fingerprint density at radius 2 is 2.00 bits per heavy atom. The Labute approximate surface area is 123 Å². The molecule has 21 heavy (non-hydrogen) atoms. The Hall–Kier alpha value is -1.83. The smallest absolute Gasteiger partial charge is 0.328 e. The van der Waals surface area contributed by atoms with E-state index in [4.69, 9.17) is 0 Å². The molecule has 0 aromatic rings. The van der Waals surface area contributed by atoms with Gasteiger partial charge in [-0.15, -0.1) is 0 Å². The van der Waals surface area contributed by atoms with Crippen LogP contribution in [0.4, 0.5) is 4.79 Å². The molecular weight excluding hydrogens is 276 g/mol. The number of carbonyl (C=O) groups is 3. The highest BCUT2D eigenvalue weighted by atomic mass is 16.4. The molecule has 2 fully saturated rings. The Morgan fingerprint density at radius 1 is 1.33 bits per heavy atom. The summed E-state index contributed by atoms with van der Waals surface area (Å²) < 4.78 is 0. The molecule has 3 unspecified atom stereocenters. The summed E-state index contributed by atoms with van der Waals surface area (Å²) in [5.74, 6) is -1.11. The van der Waals surface area contributed by atoms with Gasteiger partial charge < -0.3 is 20.2 Å². The maximum Gasteiger partial charge on any atom is 0.328 e. The molecule has 2 saturated heterocycles. The first-order valence-corrected chi connectivity index (χ1v) is 7.02. The second kappa shape index (κ2) is 5.88. The van der Waals surface area contributed by atoms with Crippen LogP contribution >= 0.6 is 0 Å². The summed E-state index contributed by atoms with van der Waals surface area (Å²) in [6.45, 7) is 2.95. The molecule has 2 rings (SSSR count). The number of hydrogen-bond donors (Lipinski definition) is 2. The number of nitrogens with one attached hydrogen (secondary N) is 1. The number of carboxylic acid groups (broad SMARTS) is 1. The fourth-order valence-corrected chi connectivity index (χ4v) is 3.02. The highest BCUT2D eigenvalue weighted by molar-refractivity contribution is 5.90. The van der Waals surface area contributed by atoms with Crippen molar-refractivity contribution in [3.63, 3.8) is 0 Å². The maximum atomic E-state index is 12.6. The topological polar surface area (TPSA) is 93.2 Å². The van der Waals surface area contributed by atoms with Gasteiger partial charge in [0.2, 0.25) is 5.91 Å². The van der Waals surface area contributed by atoms with Crippen molar-refractivity contribution in [2.75, 3.05) is 40.3 Å². The predicted molar refractivity (Wildman–Crippen MR) is 74.7 cm³/mol. The first-order chi connectivity index (χ1) is 9.81. The third-order valence-corrected chi connectivity index (χ3v) is 4.22. The van der Waals surface area contributed by atoms with Gasteiger partial charge in [0.05, 0.1) is 0 Å². The number of nitrogens with zero attached hydrogens (tertiary/aromatic N) is 3. The van der Waals surface area contributed by atoms with Crippen LogP contribution in [0.3, 0.4) is 0 Å².